The molecule has 0 fully saturated rings. The van der Waals surface area contributed by atoms with Crippen LogP contribution in [0.2, 0.25) is 0 Å². The molecule has 38 heavy (non-hydrogen) atoms. The molecule has 1 heterocycles. The number of nitrogens with one attached hydrogen (secondary N) is 1. The van der Waals surface area contributed by atoms with Gasteiger partial charge in [-0.05, 0) is 62.1 Å². The number of carbonyl (C=O) groups excluding carboxylic acids is 4. The summed E-state index contributed by atoms with van der Waals surface area (Å²) in [6.45, 7) is 5.58. The lowest BCUT2D eigenvalue weighted by molar-refractivity contribution is -0.143. The lowest BCUT2D eigenvalue weighted by atomic mass is 10.0. The van der Waals surface area contributed by atoms with E-state index in [1.165, 1.54) is 4.90 Å². The highest BCUT2D eigenvalue weighted by atomic mass is 32.1. The van der Waals surface area contributed by atoms with Crippen LogP contribution >= 0.6 is 11.5 Å². The van der Waals surface area contributed by atoms with E-state index in [-0.39, 0.29) is 22.9 Å². The molecule has 0 radical (unpaired) electrons. The number of ether oxygens (including phenoxy) is 2. The minimum atomic E-state index is -1.24. The van der Waals surface area contributed by atoms with E-state index >= 15 is 0 Å². The molecular formula is C26H29N5O6S. The minimum absolute atomic E-state index is 0.0616. The molecule has 3 rings (SSSR count). The fourth-order valence-electron chi connectivity index (χ4n) is 3.63. The van der Waals surface area contributed by atoms with Crippen LogP contribution < -0.4 is 26.4 Å². The molecule has 1 aromatic heterocycles. The second-order valence-corrected chi connectivity index (χ2v) is 8.85. The van der Waals surface area contributed by atoms with Crippen LogP contribution in [0.1, 0.15) is 51.2 Å². The number of nitrogen functional groups attached to an aromatic ring is 1. The molecule has 12 heteroatoms. The molecule has 0 saturated heterocycles. The Morgan fingerprint density at radius 1 is 1.03 bits per heavy atom. The van der Waals surface area contributed by atoms with Crippen molar-refractivity contribution in [2.24, 2.45) is 5.73 Å². The van der Waals surface area contributed by atoms with E-state index in [9.17, 15) is 19.2 Å². The Balaban J connectivity index is 2.14. The predicted molar refractivity (Wildman–Crippen MR) is 143 cm³/mol. The van der Waals surface area contributed by atoms with Crippen molar-refractivity contribution < 1.29 is 28.7 Å². The molecule has 3 aromatic rings. The van der Waals surface area contributed by atoms with E-state index in [1.54, 1.807) is 55.5 Å². The van der Waals surface area contributed by atoms with E-state index in [0.717, 1.165) is 5.56 Å². The lowest BCUT2D eigenvalue weighted by Gasteiger charge is -2.31. The molecule has 1 atom stereocenters. The van der Waals surface area contributed by atoms with Gasteiger partial charge in [-0.15, -0.1) is 0 Å². The third-order valence-corrected chi connectivity index (χ3v) is 6.26. The van der Waals surface area contributed by atoms with Crippen molar-refractivity contribution in [3.8, 4) is 5.75 Å². The number of carbonyl (C=O) groups is 4. The van der Waals surface area contributed by atoms with Crippen LogP contribution in [0.4, 0.5) is 11.4 Å². The molecule has 0 aliphatic carbocycles. The van der Waals surface area contributed by atoms with Gasteiger partial charge in [-0.25, -0.2) is 0 Å². The Morgan fingerprint density at radius 2 is 1.68 bits per heavy atom. The molecule has 3 amide bonds. The summed E-state index contributed by atoms with van der Waals surface area (Å²) in [6, 6.07) is 12.3. The first-order valence-corrected chi connectivity index (χ1v) is 12.6. The Morgan fingerprint density at radius 3 is 2.24 bits per heavy atom. The lowest BCUT2D eigenvalue weighted by Crippen LogP contribution is -2.45. The quantitative estimate of drug-likeness (QED) is 0.313. The zero-order chi connectivity index (χ0) is 27.8. The third kappa shape index (κ3) is 6.45. The van der Waals surface area contributed by atoms with Crippen molar-refractivity contribution in [2.45, 2.75) is 26.8 Å². The number of esters is 1. The summed E-state index contributed by atoms with van der Waals surface area (Å²) >= 11 is 0.704. The number of hydrogen-bond acceptors (Lipinski definition) is 9. The molecule has 2 aromatic carbocycles. The van der Waals surface area contributed by atoms with Gasteiger partial charge in [0, 0.05) is 5.69 Å². The molecule has 0 saturated carbocycles. The normalized spacial score (nSPS) is 11.3. The van der Waals surface area contributed by atoms with Gasteiger partial charge in [0.1, 0.15) is 23.2 Å². The molecule has 5 N–H and O–H groups in total. The van der Waals surface area contributed by atoms with Crippen LogP contribution in [-0.2, 0) is 14.3 Å². The van der Waals surface area contributed by atoms with Crippen molar-refractivity contribution in [3.63, 3.8) is 0 Å². The highest BCUT2D eigenvalue weighted by Crippen LogP contribution is 2.34. The summed E-state index contributed by atoms with van der Waals surface area (Å²) in [5.41, 5.74) is 12.7. The van der Waals surface area contributed by atoms with Crippen molar-refractivity contribution in [1.29, 1.82) is 0 Å². The maximum Gasteiger partial charge on any atom is 0.325 e. The van der Waals surface area contributed by atoms with Gasteiger partial charge in [0.2, 0.25) is 5.91 Å². The van der Waals surface area contributed by atoms with Gasteiger partial charge in [0.25, 0.3) is 11.8 Å². The van der Waals surface area contributed by atoms with E-state index in [2.05, 4.69) is 9.69 Å². The number of hydrogen-bond donors (Lipinski definition) is 3. The van der Waals surface area contributed by atoms with Gasteiger partial charge in [0.15, 0.2) is 5.69 Å². The number of anilines is 2. The molecule has 0 aliphatic heterocycles. The standard InChI is InChI=1S/C26H29N5O6S/c1-4-36-18-12-8-16(9-13-18)22(25(34)29-14-19(32)37-5-2)31(17-10-6-15(3)7-11-17)26(35)23-20(27)21(24(28)33)30-38-23/h6-13,22H,4-5,14,27H2,1-3H3,(H2,28,33)(H,29,34)/t22-/m1/s1. The first kappa shape index (κ1) is 28.1. The zero-order valence-corrected chi connectivity index (χ0v) is 22.0. The Bertz CT molecular complexity index is 1310. The average molecular weight is 540 g/mol. The van der Waals surface area contributed by atoms with Crippen molar-refractivity contribution >= 4 is 46.6 Å². The zero-order valence-electron chi connectivity index (χ0n) is 21.2. The molecule has 11 nitrogen and oxygen atoms in total. The van der Waals surface area contributed by atoms with Crippen molar-refractivity contribution in [3.05, 3.63) is 70.2 Å². The van der Waals surface area contributed by atoms with Gasteiger partial charge in [-0.3, -0.25) is 24.1 Å². The molecule has 0 aliphatic rings. The van der Waals surface area contributed by atoms with Crippen molar-refractivity contribution in [1.82, 2.24) is 9.69 Å². The van der Waals surface area contributed by atoms with Gasteiger partial charge in [0.05, 0.1) is 18.9 Å². The average Bonchev–Trinajstić information content (AvgIpc) is 3.29. The Labute approximate surface area is 223 Å². The Hall–Kier alpha value is -4.45. The van der Waals surface area contributed by atoms with Gasteiger partial charge >= 0.3 is 5.97 Å². The van der Waals surface area contributed by atoms with Gasteiger partial charge in [-0.1, -0.05) is 29.8 Å². The first-order chi connectivity index (χ1) is 18.2. The highest BCUT2D eigenvalue weighted by molar-refractivity contribution is 7.09. The van der Waals surface area contributed by atoms with E-state index in [1.807, 2.05) is 13.8 Å². The molecule has 0 unspecified atom stereocenters. The minimum Gasteiger partial charge on any atom is -0.494 e. The van der Waals surface area contributed by atoms with Crippen LogP contribution in [0.3, 0.4) is 0 Å². The molecular weight excluding hydrogens is 510 g/mol. The number of rotatable bonds is 11. The Kier molecular flexibility index (Phi) is 9.39. The molecule has 200 valence electrons. The third-order valence-electron chi connectivity index (χ3n) is 5.41. The number of benzene rings is 2. The maximum atomic E-state index is 14.0. The summed E-state index contributed by atoms with van der Waals surface area (Å²) in [5.74, 6) is -2.25. The number of primary amides is 1. The maximum absolute atomic E-state index is 14.0. The molecule has 0 spiro atoms. The van der Waals surface area contributed by atoms with E-state index in [4.69, 9.17) is 20.9 Å². The van der Waals surface area contributed by atoms with E-state index < -0.39 is 36.3 Å². The summed E-state index contributed by atoms with van der Waals surface area (Å²) in [4.78, 5) is 52.5. The number of amides is 3. The fraction of sp³-hybridized carbons (Fsp3) is 0.269. The monoisotopic (exact) mass is 539 g/mol. The van der Waals surface area contributed by atoms with Crippen LogP contribution in [0.15, 0.2) is 48.5 Å². The smallest absolute Gasteiger partial charge is 0.325 e. The predicted octanol–water partition coefficient (Wildman–Crippen LogP) is 2.60. The van der Waals surface area contributed by atoms with Gasteiger partial charge in [-0.2, -0.15) is 4.37 Å². The van der Waals surface area contributed by atoms with Crippen LogP contribution in [-0.4, -0.2) is 47.8 Å². The largest absolute Gasteiger partial charge is 0.494 e. The summed E-state index contributed by atoms with van der Waals surface area (Å²) in [5, 5.41) is 2.56. The number of nitrogens with two attached hydrogens (primary N) is 2. The first-order valence-electron chi connectivity index (χ1n) is 11.8. The van der Waals surface area contributed by atoms with Crippen LogP contribution in [0.25, 0.3) is 0 Å². The fourth-order valence-corrected chi connectivity index (χ4v) is 4.37. The second kappa shape index (κ2) is 12.7. The number of aryl methyl sites for hydroxylation is 1. The summed E-state index contributed by atoms with van der Waals surface area (Å²) in [7, 11) is 0. The van der Waals surface area contributed by atoms with E-state index in [0.29, 0.717) is 35.1 Å². The molecule has 0 bridgehead atoms. The topological polar surface area (TPSA) is 167 Å². The van der Waals surface area contributed by atoms with Crippen LogP contribution in [0, 0.1) is 6.92 Å². The number of aromatic nitrogens is 1. The number of nitrogens with zero attached hydrogens (tertiary/aromatic N) is 2. The van der Waals surface area contributed by atoms with Crippen LogP contribution in [0.5, 0.6) is 5.75 Å². The summed E-state index contributed by atoms with van der Waals surface area (Å²) < 4.78 is 14.4. The van der Waals surface area contributed by atoms with Crippen molar-refractivity contribution in [2.75, 3.05) is 30.4 Å². The SMILES string of the molecule is CCOC(=O)CNC(=O)[C@@H](c1ccc(OCC)cc1)N(C(=O)c1snc(C(N)=O)c1N)c1ccc(C)cc1. The second-order valence-electron chi connectivity index (χ2n) is 8.08. The summed E-state index contributed by atoms with van der Waals surface area (Å²) in [6.07, 6.45) is 0. The highest BCUT2D eigenvalue weighted by Gasteiger charge is 2.36. The van der Waals surface area contributed by atoms with Gasteiger partial charge < -0.3 is 26.3 Å².